The first-order valence-electron chi connectivity index (χ1n) is 9.49. The first-order valence-corrected chi connectivity index (χ1v) is 10.4. The standard InChI is InChI=1S/C22H26BrN3O3/c1-4-22(26-19(27)18(23)15(2)3,20(28)24-16-11-7-5-8-12-16)21(29)25-17-13-9-6-10-14-17/h5-15,18H,4H2,1-3H3,(H,24,28)(H,25,29)(H,26,27)/t18-/m1/s1. The molecule has 0 aromatic heterocycles. The summed E-state index contributed by atoms with van der Waals surface area (Å²) < 4.78 is 0. The predicted molar refractivity (Wildman–Crippen MR) is 119 cm³/mol. The first-order chi connectivity index (χ1) is 13.8. The molecule has 154 valence electrons. The minimum Gasteiger partial charge on any atom is -0.333 e. The summed E-state index contributed by atoms with van der Waals surface area (Å²) in [6.07, 6.45) is 0.0773. The van der Waals surface area contributed by atoms with Gasteiger partial charge in [-0.3, -0.25) is 14.4 Å². The number of halogens is 1. The maximum atomic E-state index is 13.2. The quantitative estimate of drug-likeness (QED) is 0.412. The molecular weight excluding hydrogens is 434 g/mol. The summed E-state index contributed by atoms with van der Waals surface area (Å²) in [6.45, 7) is 5.44. The van der Waals surface area contributed by atoms with Crippen molar-refractivity contribution < 1.29 is 14.4 Å². The van der Waals surface area contributed by atoms with Crippen molar-refractivity contribution in [1.29, 1.82) is 0 Å². The van der Waals surface area contributed by atoms with Crippen LogP contribution in [0.15, 0.2) is 60.7 Å². The van der Waals surface area contributed by atoms with E-state index in [9.17, 15) is 14.4 Å². The Morgan fingerprint density at radius 2 is 1.28 bits per heavy atom. The Balaban J connectivity index is 2.36. The second kappa shape index (κ2) is 10.2. The Bertz CT molecular complexity index is 787. The molecule has 1 atom stereocenters. The second-order valence-electron chi connectivity index (χ2n) is 7.03. The van der Waals surface area contributed by atoms with Crippen LogP contribution >= 0.6 is 15.9 Å². The Morgan fingerprint density at radius 3 is 1.62 bits per heavy atom. The zero-order chi connectivity index (χ0) is 21.4. The van der Waals surface area contributed by atoms with Gasteiger partial charge in [-0.05, 0) is 36.6 Å². The van der Waals surface area contributed by atoms with Gasteiger partial charge in [-0.15, -0.1) is 0 Å². The fourth-order valence-corrected chi connectivity index (χ4v) is 2.84. The molecule has 3 amide bonds. The van der Waals surface area contributed by atoms with Crippen molar-refractivity contribution in [1.82, 2.24) is 5.32 Å². The molecule has 6 nitrogen and oxygen atoms in total. The lowest BCUT2D eigenvalue weighted by molar-refractivity contribution is -0.138. The Morgan fingerprint density at radius 1 is 0.862 bits per heavy atom. The number of rotatable bonds is 8. The summed E-state index contributed by atoms with van der Waals surface area (Å²) in [6, 6.07) is 17.6. The van der Waals surface area contributed by atoms with Crippen molar-refractivity contribution in [3.63, 3.8) is 0 Å². The van der Waals surface area contributed by atoms with Gasteiger partial charge in [-0.1, -0.05) is 73.1 Å². The Hall–Kier alpha value is -2.67. The van der Waals surface area contributed by atoms with E-state index >= 15 is 0 Å². The number of alkyl halides is 1. The maximum Gasteiger partial charge on any atom is 0.259 e. The lowest BCUT2D eigenvalue weighted by Crippen LogP contribution is -2.64. The number of benzene rings is 2. The molecule has 3 N–H and O–H groups in total. The van der Waals surface area contributed by atoms with Crippen molar-refractivity contribution in [3.05, 3.63) is 60.7 Å². The molecule has 0 saturated carbocycles. The molecule has 2 aromatic rings. The van der Waals surface area contributed by atoms with Crippen molar-refractivity contribution in [2.75, 3.05) is 10.6 Å². The van der Waals surface area contributed by atoms with Crippen LogP contribution in [0.2, 0.25) is 0 Å². The highest BCUT2D eigenvalue weighted by molar-refractivity contribution is 9.10. The molecule has 0 spiro atoms. The highest BCUT2D eigenvalue weighted by Crippen LogP contribution is 2.21. The third-order valence-electron chi connectivity index (χ3n) is 4.54. The molecule has 29 heavy (non-hydrogen) atoms. The Labute approximate surface area is 179 Å². The molecule has 0 aliphatic carbocycles. The number of hydrogen-bond donors (Lipinski definition) is 3. The monoisotopic (exact) mass is 459 g/mol. The fraction of sp³-hybridized carbons (Fsp3) is 0.318. The van der Waals surface area contributed by atoms with Gasteiger partial charge >= 0.3 is 0 Å². The summed E-state index contributed by atoms with van der Waals surface area (Å²) in [5.74, 6) is -1.64. The van der Waals surface area contributed by atoms with Crippen LogP contribution in [0.5, 0.6) is 0 Å². The van der Waals surface area contributed by atoms with Crippen LogP contribution in [-0.4, -0.2) is 28.1 Å². The van der Waals surface area contributed by atoms with Crippen LogP contribution in [0, 0.1) is 5.92 Å². The average molecular weight is 460 g/mol. The SMILES string of the molecule is CCC(NC(=O)[C@H](Br)C(C)C)(C(=O)Nc1ccccc1)C(=O)Nc1ccccc1. The molecule has 0 radical (unpaired) electrons. The first kappa shape index (κ1) is 22.6. The molecule has 0 fully saturated rings. The largest absolute Gasteiger partial charge is 0.333 e. The van der Waals surface area contributed by atoms with E-state index in [4.69, 9.17) is 0 Å². The average Bonchev–Trinajstić information content (AvgIpc) is 2.72. The molecule has 7 heteroatoms. The number of carbonyl (C=O) groups excluding carboxylic acids is 3. The predicted octanol–water partition coefficient (Wildman–Crippen LogP) is 3.95. The van der Waals surface area contributed by atoms with Crippen molar-refractivity contribution in [3.8, 4) is 0 Å². The topological polar surface area (TPSA) is 87.3 Å². The van der Waals surface area contributed by atoms with Crippen LogP contribution in [0.3, 0.4) is 0 Å². The summed E-state index contributed by atoms with van der Waals surface area (Å²) in [4.78, 5) is 38.7. The second-order valence-corrected chi connectivity index (χ2v) is 8.02. The molecule has 0 unspecified atom stereocenters. The highest BCUT2D eigenvalue weighted by atomic mass is 79.9. The van der Waals surface area contributed by atoms with Gasteiger partial charge in [-0.2, -0.15) is 0 Å². The summed E-state index contributed by atoms with van der Waals surface area (Å²) >= 11 is 3.35. The van der Waals surface area contributed by atoms with E-state index in [1.165, 1.54) is 0 Å². The minimum absolute atomic E-state index is 0.0149. The zero-order valence-corrected chi connectivity index (χ0v) is 18.3. The lowest BCUT2D eigenvalue weighted by Gasteiger charge is -2.32. The minimum atomic E-state index is -1.77. The highest BCUT2D eigenvalue weighted by Gasteiger charge is 2.47. The molecule has 0 bridgehead atoms. The van der Waals surface area contributed by atoms with E-state index in [1.807, 2.05) is 26.0 Å². The van der Waals surface area contributed by atoms with Gasteiger partial charge in [0.15, 0.2) is 5.54 Å². The van der Waals surface area contributed by atoms with E-state index in [2.05, 4.69) is 31.9 Å². The molecule has 0 aliphatic rings. The number of nitrogens with one attached hydrogen (secondary N) is 3. The van der Waals surface area contributed by atoms with Gasteiger partial charge in [0, 0.05) is 11.4 Å². The molecule has 0 aliphatic heterocycles. The van der Waals surface area contributed by atoms with E-state index in [1.54, 1.807) is 55.5 Å². The number of anilines is 2. The molecule has 0 heterocycles. The van der Waals surface area contributed by atoms with E-state index in [0.717, 1.165) is 0 Å². The van der Waals surface area contributed by atoms with Crippen LogP contribution in [0.4, 0.5) is 11.4 Å². The normalized spacial score (nSPS) is 12.2. The van der Waals surface area contributed by atoms with Crippen molar-refractivity contribution in [2.45, 2.75) is 37.6 Å². The maximum absolute atomic E-state index is 13.2. The van der Waals surface area contributed by atoms with Gasteiger partial charge in [0.05, 0.1) is 4.83 Å². The lowest BCUT2D eigenvalue weighted by atomic mass is 9.92. The number of para-hydroxylation sites is 2. The summed E-state index contributed by atoms with van der Waals surface area (Å²) in [5, 5.41) is 8.18. The number of carbonyl (C=O) groups is 3. The Kier molecular flexibility index (Phi) is 7.96. The molecule has 2 rings (SSSR count). The molecular formula is C22H26BrN3O3. The van der Waals surface area contributed by atoms with Gasteiger partial charge in [0.25, 0.3) is 11.8 Å². The van der Waals surface area contributed by atoms with Crippen LogP contribution in [0.25, 0.3) is 0 Å². The van der Waals surface area contributed by atoms with Gasteiger partial charge < -0.3 is 16.0 Å². The fourth-order valence-electron chi connectivity index (χ4n) is 2.73. The van der Waals surface area contributed by atoms with E-state index in [0.29, 0.717) is 11.4 Å². The zero-order valence-electron chi connectivity index (χ0n) is 16.7. The molecule has 0 saturated heterocycles. The van der Waals surface area contributed by atoms with Crippen molar-refractivity contribution in [2.24, 2.45) is 5.92 Å². The van der Waals surface area contributed by atoms with Crippen LogP contribution < -0.4 is 16.0 Å². The smallest absolute Gasteiger partial charge is 0.259 e. The number of hydrogen-bond acceptors (Lipinski definition) is 3. The van der Waals surface area contributed by atoms with Crippen LogP contribution in [-0.2, 0) is 14.4 Å². The number of amides is 3. The third kappa shape index (κ3) is 5.67. The third-order valence-corrected chi connectivity index (χ3v) is 6.01. The van der Waals surface area contributed by atoms with Crippen LogP contribution in [0.1, 0.15) is 27.2 Å². The summed E-state index contributed by atoms with van der Waals surface area (Å²) in [5.41, 5.74) is -0.698. The van der Waals surface area contributed by atoms with E-state index < -0.39 is 28.1 Å². The molecule has 2 aromatic carbocycles. The van der Waals surface area contributed by atoms with Crippen molar-refractivity contribution >= 4 is 45.0 Å². The van der Waals surface area contributed by atoms with E-state index in [-0.39, 0.29) is 12.3 Å². The van der Waals surface area contributed by atoms with Gasteiger partial charge in [0.1, 0.15) is 0 Å². The van der Waals surface area contributed by atoms with Gasteiger partial charge in [0.2, 0.25) is 5.91 Å². The summed E-state index contributed by atoms with van der Waals surface area (Å²) in [7, 11) is 0. The van der Waals surface area contributed by atoms with Gasteiger partial charge in [-0.25, -0.2) is 0 Å².